The van der Waals surface area contributed by atoms with Crippen molar-refractivity contribution in [2.45, 2.75) is 11.8 Å². The van der Waals surface area contributed by atoms with E-state index in [1.54, 1.807) is 18.2 Å². The number of ether oxygens (including phenoxy) is 1. The molecule has 4 N–H and O–H groups in total. The van der Waals surface area contributed by atoms with Gasteiger partial charge < -0.3 is 14.5 Å². The second-order valence-electron chi connectivity index (χ2n) is 5.62. The van der Waals surface area contributed by atoms with Crippen molar-refractivity contribution < 1.29 is 22.4 Å². The Balaban J connectivity index is 1.92. The molecule has 9 heteroatoms. The molecule has 1 aromatic heterocycles. The van der Waals surface area contributed by atoms with Gasteiger partial charge in [0.2, 0.25) is 15.6 Å². The molecule has 3 rings (SSSR count). The van der Waals surface area contributed by atoms with Crippen molar-refractivity contribution in [3.8, 4) is 5.75 Å². The molecule has 0 fully saturated rings. The van der Waals surface area contributed by atoms with Crippen molar-refractivity contribution in [1.29, 1.82) is 5.41 Å². The van der Waals surface area contributed by atoms with Crippen LogP contribution in [0.3, 0.4) is 0 Å². The largest absolute Gasteiger partial charge is 0.490 e. The van der Waals surface area contributed by atoms with Crippen LogP contribution in [0.2, 0.25) is 0 Å². The fraction of sp³-hybridized carbons (Fsp3) is 0.111. The normalized spacial score (nSPS) is 11.3. The molecule has 0 spiro atoms. The van der Waals surface area contributed by atoms with Crippen molar-refractivity contribution in [1.82, 2.24) is 0 Å². The zero-order valence-electron chi connectivity index (χ0n) is 14.4. The van der Waals surface area contributed by atoms with Gasteiger partial charge in [0.15, 0.2) is 11.3 Å². The van der Waals surface area contributed by atoms with Crippen LogP contribution in [0.4, 0.5) is 5.69 Å². The SMILES string of the molecule is CCOc1cccc2cc(C(=O)Nc3ccc(S(N)(=O)=O)cc3)c(=N)oc12. The van der Waals surface area contributed by atoms with Crippen LogP contribution < -0.4 is 20.7 Å². The number of hydrogen-bond donors (Lipinski definition) is 3. The van der Waals surface area contributed by atoms with Crippen molar-refractivity contribution in [3.63, 3.8) is 0 Å². The Bertz CT molecular complexity index is 1170. The van der Waals surface area contributed by atoms with E-state index in [0.29, 0.717) is 29.0 Å². The summed E-state index contributed by atoms with van der Waals surface area (Å²) < 4.78 is 33.5. The summed E-state index contributed by atoms with van der Waals surface area (Å²) in [5.41, 5.74) is 0.466. The fourth-order valence-corrected chi connectivity index (χ4v) is 3.01. The van der Waals surface area contributed by atoms with Gasteiger partial charge in [-0.25, -0.2) is 13.6 Å². The quantitative estimate of drug-likeness (QED) is 0.617. The zero-order chi connectivity index (χ0) is 19.6. The Kier molecular flexibility index (Phi) is 4.98. The lowest BCUT2D eigenvalue weighted by atomic mass is 10.1. The first-order valence-corrected chi connectivity index (χ1v) is 9.52. The van der Waals surface area contributed by atoms with E-state index in [4.69, 9.17) is 19.7 Å². The average molecular weight is 387 g/mol. The summed E-state index contributed by atoms with van der Waals surface area (Å²) >= 11 is 0. The molecule has 1 amide bonds. The van der Waals surface area contributed by atoms with Crippen LogP contribution in [0.15, 0.2) is 57.8 Å². The summed E-state index contributed by atoms with van der Waals surface area (Å²) in [5, 5.41) is 16.3. The predicted molar refractivity (Wildman–Crippen MR) is 99.0 cm³/mol. The number of sulfonamides is 1. The lowest BCUT2D eigenvalue weighted by Gasteiger charge is -2.09. The summed E-state index contributed by atoms with van der Waals surface area (Å²) in [5.74, 6) is -0.0649. The van der Waals surface area contributed by atoms with E-state index in [9.17, 15) is 13.2 Å². The molecule has 0 aliphatic heterocycles. The Morgan fingerprint density at radius 3 is 2.56 bits per heavy atom. The molecule has 0 unspecified atom stereocenters. The zero-order valence-corrected chi connectivity index (χ0v) is 15.2. The molecule has 0 atom stereocenters. The van der Waals surface area contributed by atoms with Crippen LogP contribution in [-0.2, 0) is 10.0 Å². The molecule has 0 radical (unpaired) electrons. The highest BCUT2D eigenvalue weighted by Crippen LogP contribution is 2.25. The minimum atomic E-state index is -3.81. The molecule has 27 heavy (non-hydrogen) atoms. The Labute approximate surface area is 155 Å². The van der Waals surface area contributed by atoms with Gasteiger partial charge in [-0.15, -0.1) is 0 Å². The number of rotatable bonds is 5. The predicted octanol–water partition coefficient (Wildman–Crippen LogP) is 2.21. The Hall–Kier alpha value is -3.17. The van der Waals surface area contributed by atoms with Gasteiger partial charge in [-0.05, 0) is 43.3 Å². The van der Waals surface area contributed by atoms with Crippen molar-refractivity contribution in [2.75, 3.05) is 11.9 Å². The summed E-state index contributed by atoms with van der Waals surface area (Å²) in [4.78, 5) is 12.4. The smallest absolute Gasteiger partial charge is 0.261 e. The number of nitrogens with one attached hydrogen (secondary N) is 2. The molecule has 0 saturated heterocycles. The van der Waals surface area contributed by atoms with E-state index in [2.05, 4.69) is 5.32 Å². The highest BCUT2D eigenvalue weighted by Gasteiger charge is 2.15. The van der Waals surface area contributed by atoms with Crippen molar-refractivity contribution in [3.05, 3.63) is 59.6 Å². The molecule has 0 aliphatic carbocycles. The molecule has 0 saturated carbocycles. The standard InChI is InChI=1S/C18H17N3O5S/c1-2-25-15-5-3-4-11-10-14(17(19)26-16(11)15)18(22)21-12-6-8-13(9-7-12)27(20,23)24/h3-10,19H,2H2,1H3,(H,21,22)(H2,20,23,24). The number of fused-ring (bicyclic) bond motifs is 1. The highest BCUT2D eigenvalue weighted by atomic mass is 32.2. The fourth-order valence-electron chi connectivity index (χ4n) is 2.50. The van der Waals surface area contributed by atoms with E-state index in [1.807, 2.05) is 6.92 Å². The van der Waals surface area contributed by atoms with E-state index < -0.39 is 15.9 Å². The number of carbonyl (C=O) groups excluding carboxylic acids is 1. The molecule has 0 aliphatic rings. The minimum absolute atomic E-state index is 0.0340. The van der Waals surface area contributed by atoms with Gasteiger partial charge in [-0.2, -0.15) is 0 Å². The molecule has 2 aromatic carbocycles. The number of hydrogen-bond acceptors (Lipinski definition) is 6. The van der Waals surface area contributed by atoms with Gasteiger partial charge in [0.25, 0.3) is 5.91 Å². The second-order valence-corrected chi connectivity index (χ2v) is 7.18. The molecule has 0 bridgehead atoms. The van der Waals surface area contributed by atoms with Gasteiger partial charge in [0, 0.05) is 11.1 Å². The first-order valence-electron chi connectivity index (χ1n) is 7.98. The maximum atomic E-state index is 12.5. The van der Waals surface area contributed by atoms with Crippen LogP contribution in [0, 0.1) is 5.41 Å². The third kappa shape index (κ3) is 3.99. The topological polar surface area (TPSA) is 135 Å². The van der Waals surface area contributed by atoms with Gasteiger partial charge in [-0.3, -0.25) is 10.2 Å². The van der Waals surface area contributed by atoms with Crippen LogP contribution in [0.25, 0.3) is 11.0 Å². The number of amides is 1. The lowest BCUT2D eigenvalue weighted by Crippen LogP contribution is -2.21. The number of anilines is 1. The van der Waals surface area contributed by atoms with Crippen molar-refractivity contribution >= 4 is 32.6 Å². The van der Waals surface area contributed by atoms with Crippen LogP contribution in [0.1, 0.15) is 17.3 Å². The number of para-hydroxylation sites is 1. The molecule has 8 nitrogen and oxygen atoms in total. The summed E-state index contributed by atoms with van der Waals surface area (Å²) in [7, 11) is -3.81. The van der Waals surface area contributed by atoms with Crippen LogP contribution in [0.5, 0.6) is 5.75 Å². The van der Waals surface area contributed by atoms with Gasteiger partial charge in [-0.1, -0.05) is 12.1 Å². The first-order chi connectivity index (χ1) is 12.8. The maximum Gasteiger partial charge on any atom is 0.261 e. The van der Waals surface area contributed by atoms with Gasteiger partial charge in [0.1, 0.15) is 5.56 Å². The van der Waals surface area contributed by atoms with Gasteiger partial charge in [0.05, 0.1) is 11.5 Å². The third-order valence-electron chi connectivity index (χ3n) is 3.74. The maximum absolute atomic E-state index is 12.5. The average Bonchev–Trinajstić information content (AvgIpc) is 2.61. The monoisotopic (exact) mass is 387 g/mol. The highest BCUT2D eigenvalue weighted by molar-refractivity contribution is 7.89. The summed E-state index contributed by atoms with van der Waals surface area (Å²) in [6.07, 6.45) is 0. The van der Waals surface area contributed by atoms with E-state index in [-0.39, 0.29) is 16.0 Å². The molecular formula is C18H17N3O5S. The number of nitrogens with two attached hydrogens (primary N) is 1. The van der Waals surface area contributed by atoms with Crippen LogP contribution >= 0.6 is 0 Å². The van der Waals surface area contributed by atoms with Crippen LogP contribution in [-0.4, -0.2) is 20.9 Å². The molecular weight excluding hydrogens is 370 g/mol. The third-order valence-corrected chi connectivity index (χ3v) is 4.67. The number of carbonyl (C=O) groups is 1. The van der Waals surface area contributed by atoms with Gasteiger partial charge >= 0.3 is 0 Å². The molecule has 140 valence electrons. The number of benzene rings is 2. The van der Waals surface area contributed by atoms with E-state index in [0.717, 1.165) is 0 Å². The minimum Gasteiger partial charge on any atom is -0.490 e. The second kappa shape index (κ2) is 7.22. The molecule has 1 heterocycles. The van der Waals surface area contributed by atoms with Crippen molar-refractivity contribution in [2.24, 2.45) is 5.14 Å². The first kappa shape index (κ1) is 18.6. The van der Waals surface area contributed by atoms with E-state index >= 15 is 0 Å². The Morgan fingerprint density at radius 2 is 1.93 bits per heavy atom. The molecule has 3 aromatic rings. The van der Waals surface area contributed by atoms with E-state index in [1.165, 1.54) is 30.3 Å². The summed E-state index contributed by atoms with van der Waals surface area (Å²) in [6, 6.07) is 12.2. The number of primary sulfonamides is 1. The lowest BCUT2D eigenvalue weighted by molar-refractivity contribution is 0.102. The Morgan fingerprint density at radius 1 is 1.22 bits per heavy atom. The summed E-state index contributed by atoms with van der Waals surface area (Å²) in [6.45, 7) is 2.28.